The first-order valence-corrected chi connectivity index (χ1v) is 7.62. The van der Waals surface area contributed by atoms with Crippen molar-refractivity contribution < 1.29 is 4.74 Å². The van der Waals surface area contributed by atoms with E-state index in [9.17, 15) is 0 Å². The fourth-order valence-corrected chi connectivity index (χ4v) is 2.87. The van der Waals surface area contributed by atoms with Crippen molar-refractivity contribution in [3.05, 3.63) is 58.8 Å². The predicted octanol–water partition coefficient (Wildman–Crippen LogP) is 3.50. The van der Waals surface area contributed by atoms with Crippen LogP contribution in [0.1, 0.15) is 12.0 Å². The van der Waals surface area contributed by atoms with Gasteiger partial charge in [0.2, 0.25) is 0 Å². The van der Waals surface area contributed by atoms with Gasteiger partial charge in [0.15, 0.2) is 0 Å². The number of rotatable bonds is 4. The second-order valence-electron chi connectivity index (χ2n) is 5.09. The van der Waals surface area contributed by atoms with E-state index in [-0.39, 0.29) is 6.10 Å². The van der Waals surface area contributed by atoms with Crippen molar-refractivity contribution in [3.63, 3.8) is 0 Å². The Morgan fingerprint density at radius 3 is 2.90 bits per heavy atom. The molecule has 104 valence electrons. The van der Waals surface area contributed by atoms with Crippen LogP contribution in [0.25, 0.3) is 0 Å². The van der Waals surface area contributed by atoms with Crippen molar-refractivity contribution in [3.8, 4) is 5.75 Å². The van der Waals surface area contributed by atoms with Gasteiger partial charge < -0.3 is 4.74 Å². The average Bonchev–Trinajstić information content (AvgIpc) is 2.87. The van der Waals surface area contributed by atoms with Crippen LogP contribution in [0.3, 0.4) is 0 Å². The zero-order chi connectivity index (χ0) is 13.8. The van der Waals surface area contributed by atoms with Crippen LogP contribution in [0.15, 0.2) is 53.3 Å². The van der Waals surface area contributed by atoms with Gasteiger partial charge in [0.25, 0.3) is 0 Å². The summed E-state index contributed by atoms with van der Waals surface area (Å²) in [4.78, 5) is 6.56. The molecule has 0 spiro atoms. The Hall–Kier alpha value is -1.39. The number of halogens is 1. The molecule has 0 radical (unpaired) electrons. The highest BCUT2D eigenvalue weighted by atomic mass is 79.9. The van der Waals surface area contributed by atoms with Gasteiger partial charge in [-0.05, 0) is 34.0 Å². The maximum absolute atomic E-state index is 5.99. The summed E-state index contributed by atoms with van der Waals surface area (Å²) in [5, 5.41) is 0. The number of hydrogen-bond donors (Lipinski definition) is 0. The SMILES string of the molecule is Brc1cncc(O[C@H]2CCN(Cc3ccccc3)C2)c1. The summed E-state index contributed by atoms with van der Waals surface area (Å²) in [6.07, 6.45) is 4.86. The first-order chi connectivity index (χ1) is 9.79. The van der Waals surface area contributed by atoms with Crippen molar-refractivity contribution in [2.24, 2.45) is 0 Å². The number of nitrogens with zero attached hydrogens (tertiary/aromatic N) is 2. The molecule has 1 aromatic heterocycles. The van der Waals surface area contributed by atoms with Crippen LogP contribution in [0, 0.1) is 0 Å². The van der Waals surface area contributed by atoms with Crippen LogP contribution in [0.4, 0.5) is 0 Å². The fourth-order valence-electron chi connectivity index (χ4n) is 2.53. The molecule has 1 fully saturated rings. The molecule has 1 aliphatic heterocycles. The van der Waals surface area contributed by atoms with Crippen LogP contribution in [-0.2, 0) is 6.54 Å². The molecular weight excluding hydrogens is 316 g/mol. The Morgan fingerprint density at radius 2 is 2.10 bits per heavy atom. The van der Waals surface area contributed by atoms with Crippen molar-refractivity contribution in [1.29, 1.82) is 0 Å². The molecular formula is C16H17BrN2O. The zero-order valence-electron chi connectivity index (χ0n) is 11.2. The number of ether oxygens (including phenoxy) is 1. The van der Waals surface area contributed by atoms with Crippen molar-refractivity contribution in [2.45, 2.75) is 19.1 Å². The third-order valence-corrected chi connectivity index (χ3v) is 3.89. The molecule has 2 aromatic rings. The third kappa shape index (κ3) is 3.58. The molecule has 20 heavy (non-hydrogen) atoms. The van der Waals surface area contributed by atoms with Crippen LogP contribution >= 0.6 is 15.9 Å². The van der Waals surface area contributed by atoms with Gasteiger partial charge in [-0.1, -0.05) is 30.3 Å². The summed E-state index contributed by atoms with van der Waals surface area (Å²) >= 11 is 3.41. The molecule has 0 amide bonds. The lowest BCUT2D eigenvalue weighted by atomic mass is 10.2. The number of aromatic nitrogens is 1. The maximum atomic E-state index is 5.99. The summed E-state index contributed by atoms with van der Waals surface area (Å²) in [5.74, 6) is 0.839. The van der Waals surface area contributed by atoms with E-state index in [4.69, 9.17) is 4.74 Å². The Morgan fingerprint density at radius 1 is 1.25 bits per heavy atom. The van der Waals surface area contributed by atoms with Crippen molar-refractivity contribution >= 4 is 15.9 Å². The number of pyridine rings is 1. The molecule has 2 heterocycles. The molecule has 4 heteroatoms. The van der Waals surface area contributed by atoms with E-state index in [2.05, 4.69) is 56.1 Å². The second-order valence-corrected chi connectivity index (χ2v) is 6.00. The van der Waals surface area contributed by atoms with Gasteiger partial charge in [-0.15, -0.1) is 0 Å². The Bertz CT molecular complexity index is 561. The van der Waals surface area contributed by atoms with E-state index in [1.165, 1.54) is 5.56 Å². The monoisotopic (exact) mass is 332 g/mol. The first-order valence-electron chi connectivity index (χ1n) is 6.83. The highest BCUT2D eigenvalue weighted by Gasteiger charge is 2.23. The second kappa shape index (κ2) is 6.37. The average molecular weight is 333 g/mol. The van der Waals surface area contributed by atoms with Crippen LogP contribution in [-0.4, -0.2) is 29.1 Å². The lowest BCUT2D eigenvalue weighted by molar-refractivity contribution is 0.197. The maximum Gasteiger partial charge on any atom is 0.139 e. The molecule has 0 unspecified atom stereocenters. The summed E-state index contributed by atoms with van der Waals surface area (Å²) in [6, 6.07) is 12.5. The minimum atomic E-state index is 0.259. The minimum Gasteiger partial charge on any atom is -0.487 e. The van der Waals surface area contributed by atoms with E-state index in [1.54, 1.807) is 12.4 Å². The summed E-state index contributed by atoms with van der Waals surface area (Å²) in [7, 11) is 0. The van der Waals surface area contributed by atoms with E-state index in [0.717, 1.165) is 36.3 Å². The van der Waals surface area contributed by atoms with E-state index >= 15 is 0 Å². The van der Waals surface area contributed by atoms with Gasteiger partial charge >= 0.3 is 0 Å². The summed E-state index contributed by atoms with van der Waals surface area (Å²) in [6.45, 7) is 3.06. The quantitative estimate of drug-likeness (QED) is 0.856. The Kier molecular flexibility index (Phi) is 4.33. The zero-order valence-corrected chi connectivity index (χ0v) is 12.8. The van der Waals surface area contributed by atoms with Gasteiger partial charge in [-0.3, -0.25) is 9.88 Å². The van der Waals surface area contributed by atoms with Crippen molar-refractivity contribution in [2.75, 3.05) is 13.1 Å². The molecule has 1 atom stereocenters. The highest BCUT2D eigenvalue weighted by Crippen LogP contribution is 2.21. The smallest absolute Gasteiger partial charge is 0.139 e. The number of likely N-dealkylation sites (tertiary alicyclic amines) is 1. The normalized spacial score (nSPS) is 19.1. The summed E-state index contributed by atoms with van der Waals surface area (Å²) < 4.78 is 6.94. The van der Waals surface area contributed by atoms with Gasteiger partial charge in [-0.25, -0.2) is 0 Å². The van der Waals surface area contributed by atoms with Crippen LogP contribution in [0.2, 0.25) is 0 Å². The lowest BCUT2D eigenvalue weighted by Crippen LogP contribution is -2.24. The molecule has 3 nitrogen and oxygen atoms in total. The molecule has 0 N–H and O–H groups in total. The fraction of sp³-hybridized carbons (Fsp3) is 0.312. The van der Waals surface area contributed by atoms with Gasteiger partial charge in [0, 0.05) is 30.3 Å². The molecule has 1 aliphatic rings. The standard InChI is InChI=1S/C16H17BrN2O/c17-14-8-16(10-18-9-14)20-15-6-7-19(12-15)11-13-4-2-1-3-5-13/h1-5,8-10,15H,6-7,11-12H2/t15-/m0/s1. The first kappa shape index (κ1) is 13.6. The van der Waals surface area contributed by atoms with Crippen LogP contribution in [0.5, 0.6) is 5.75 Å². The Labute approximate surface area is 127 Å². The van der Waals surface area contributed by atoms with E-state index < -0.39 is 0 Å². The third-order valence-electron chi connectivity index (χ3n) is 3.46. The molecule has 0 saturated carbocycles. The summed E-state index contributed by atoms with van der Waals surface area (Å²) in [5.41, 5.74) is 1.36. The molecule has 3 rings (SSSR count). The van der Waals surface area contributed by atoms with Crippen molar-refractivity contribution in [1.82, 2.24) is 9.88 Å². The minimum absolute atomic E-state index is 0.259. The Balaban J connectivity index is 1.54. The predicted molar refractivity (Wildman–Crippen MR) is 82.7 cm³/mol. The van der Waals surface area contributed by atoms with E-state index in [1.807, 2.05) is 6.07 Å². The highest BCUT2D eigenvalue weighted by molar-refractivity contribution is 9.10. The number of benzene rings is 1. The molecule has 0 bridgehead atoms. The topological polar surface area (TPSA) is 25.4 Å². The van der Waals surface area contributed by atoms with Gasteiger partial charge in [0.05, 0.1) is 6.20 Å². The van der Waals surface area contributed by atoms with Gasteiger partial charge in [0.1, 0.15) is 11.9 Å². The molecule has 1 saturated heterocycles. The largest absolute Gasteiger partial charge is 0.487 e. The van der Waals surface area contributed by atoms with Crippen LogP contribution < -0.4 is 4.74 Å². The van der Waals surface area contributed by atoms with E-state index in [0.29, 0.717) is 0 Å². The number of hydrogen-bond acceptors (Lipinski definition) is 3. The lowest BCUT2D eigenvalue weighted by Gasteiger charge is -2.17. The molecule has 0 aliphatic carbocycles. The molecule has 1 aromatic carbocycles. The van der Waals surface area contributed by atoms with Gasteiger partial charge in [-0.2, -0.15) is 0 Å².